The molecular weight excluding hydrogens is 313 g/mol. The van der Waals surface area contributed by atoms with E-state index >= 15 is 0 Å². The van der Waals surface area contributed by atoms with Crippen LogP contribution in [0.25, 0.3) is 0 Å². The first-order chi connectivity index (χ1) is 9.08. The van der Waals surface area contributed by atoms with Crippen molar-refractivity contribution in [2.75, 3.05) is 6.54 Å². The van der Waals surface area contributed by atoms with Gasteiger partial charge in [0.25, 0.3) is 0 Å². The SMILES string of the molecule is O=C(O)C1CCCCCN1Cc1ccc(F)c(Br)c1. The molecule has 19 heavy (non-hydrogen) atoms. The lowest BCUT2D eigenvalue weighted by Crippen LogP contribution is -2.40. The quantitative estimate of drug-likeness (QED) is 0.923. The molecule has 1 fully saturated rings. The average molecular weight is 330 g/mol. The Balaban J connectivity index is 2.13. The zero-order chi connectivity index (χ0) is 13.8. The molecule has 1 N–H and O–H groups in total. The first kappa shape index (κ1) is 14.5. The number of likely N-dealkylation sites (tertiary alicyclic amines) is 1. The van der Waals surface area contributed by atoms with E-state index in [9.17, 15) is 14.3 Å². The lowest BCUT2D eigenvalue weighted by atomic mass is 10.1. The highest BCUT2D eigenvalue weighted by atomic mass is 79.9. The van der Waals surface area contributed by atoms with Crippen molar-refractivity contribution < 1.29 is 14.3 Å². The van der Waals surface area contributed by atoms with Crippen LogP contribution in [-0.2, 0) is 11.3 Å². The smallest absolute Gasteiger partial charge is 0.320 e. The van der Waals surface area contributed by atoms with Gasteiger partial charge in [0, 0.05) is 6.54 Å². The van der Waals surface area contributed by atoms with Gasteiger partial charge in [0.05, 0.1) is 4.47 Å². The van der Waals surface area contributed by atoms with Crippen LogP contribution < -0.4 is 0 Å². The van der Waals surface area contributed by atoms with E-state index in [2.05, 4.69) is 15.9 Å². The van der Waals surface area contributed by atoms with Crippen molar-refractivity contribution in [3.63, 3.8) is 0 Å². The number of nitrogens with zero attached hydrogens (tertiary/aromatic N) is 1. The molecule has 0 amide bonds. The van der Waals surface area contributed by atoms with Crippen molar-refractivity contribution >= 4 is 21.9 Å². The molecule has 5 heteroatoms. The number of hydrogen-bond acceptors (Lipinski definition) is 2. The number of aliphatic carboxylic acids is 1. The second-order valence-corrected chi connectivity index (χ2v) is 5.78. The van der Waals surface area contributed by atoms with Gasteiger partial charge in [-0.05, 0) is 53.0 Å². The number of carbonyl (C=O) groups is 1. The summed E-state index contributed by atoms with van der Waals surface area (Å²) in [4.78, 5) is 13.3. The second kappa shape index (κ2) is 6.48. The molecule has 0 bridgehead atoms. The molecule has 0 radical (unpaired) electrons. The van der Waals surface area contributed by atoms with Gasteiger partial charge >= 0.3 is 5.97 Å². The molecule has 1 aliphatic heterocycles. The van der Waals surface area contributed by atoms with Gasteiger partial charge in [-0.1, -0.05) is 18.9 Å². The van der Waals surface area contributed by atoms with Crippen LogP contribution in [-0.4, -0.2) is 28.6 Å². The van der Waals surface area contributed by atoms with Crippen LogP contribution >= 0.6 is 15.9 Å². The Morgan fingerprint density at radius 3 is 2.89 bits per heavy atom. The third-order valence-corrected chi connectivity index (χ3v) is 4.13. The fourth-order valence-corrected chi connectivity index (χ4v) is 2.94. The normalized spacial score (nSPS) is 21.1. The molecule has 0 aliphatic carbocycles. The molecule has 0 spiro atoms. The van der Waals surface area contributed by atoms with E-state index in [1.165, 1.54) is 6.07 Å². The van der Waals surface area contributed by atoms with E-state index in [4.69, 9.17) is 0 Å². The zero-order valence-electron chi connectivity index (χ0n) is 10.6. The van der Waals surface area contributed by atoms with Gasteiger partial charge in [-0.2, -0.15) is 0 Å². The number of carboxylic acid groups (broad SMARTS) is 1. The van der Waals surface area contributed by atoms with Gasteiger partial charge in [-0.15, -0.1) is 0 Å². The van der Waals surface area contributed by atoms with Gasteiger partial charge in [0.15, 0.2) is 0 Å². The van der Waals surface area contributed by atoms with Crippen LogP contribution in [0.2, 0.25) is 0 Å². The standard InChI is InChI=1S/C14H17BrFNO2/c15-11-8-10(5-6-12(11)16)9-17-7-3-1-2-4-13(17)14(18)19/h5-6,8,13H,1-4,7,9H2,(H,18,19). The number of halogens is 2. The Bertz CT molecular complexity index is 467. The highest BCUT2D eigenvalue weighted by Gasteiger charge is 2.27. The molecule has 1 aliphatic rings. The van der Waals surface area contributed by atoms with Crippen molar-refractivity contribution in [3.8, 4) is 0 Å². The fourth-order valence-electron chi connectivity index (χ4n) is 2.51. The summed E-state index contributed by atoms with van der Waals surface area (Å²) in [5, 5.41) is 9.30. The predicted molar refractivity (Wildman–Crippen MR) is 74.4 cm³/mol. The second-order valence-electron chi connectivity index (χ2n) is 4.92. The van der Waals surface area contributed by atoms with E-state index < -0.39 is 12.0 Å². The lowest BCUT2D eigenvalue weighted by molar-refractivity contribution is -0.143. The Labute approximate surface area is 120 Å². The minimum atomic E-state index is -0.761. The molecule has 1 heterocycles. The first-order valence-corrected chi connectivity index (χ1v) is 7.28. The molecule has 3 nitrogen and oxygen atoms in total. The topological polar surface area (TPSA) is 40.5 Å². The van der Waals surface area contributed by atoms with Crippen LogP contribution in [0.15, 0.2) is 22.7 Å². The summed E-state index contributed by atoms with van der Waals surface area (Å²) in [6.07, 6.45) is 3.75. The third kappa shape index (κ3) is 3.76. The predicted octanol–water partition coefficient (Wildman–Crippen LogP) is 3.42. The minimum absolute atomic E-state index is 0.297. The maximum Gasteiger partial charge on any atom is 0.320 e. The minimum Gasteiger partial charge on any atom is -0.480 e. The maximum atomic E-state index is 13.2. The molecule has 0 saturated carbocycles. The summed E-state index contributed by atoms with van der Waals surface area (Å²) in [5.74, 6) is -1.06. The molecular formula is C14H17BrFNO2. The van der Waals surface area contributed by atoms with E-state index in [1.54, 1.807) is 12.1 Å². The van der Waals surface area contributed by atoms with Crippen molar-refractivity contribution in [1.29, 1.82) is 0 Å². The molecule has 1 atom stereocenters. The van der Waals surface area contributed by atoms with E-state index in [0.29, 0.717) is 17.4 Å². The number of hydrogen-bond donors (Lipinski definition) is 1. The van der Waals surface area contributed by atoms with Gasteiger partial charge in [0.2, 0.25) is 0 Å². The van der Waals surface area contributed by atoms with Crippen LogP contribution in [0.4, 0.5) is 4.39 Å². The summed E-state index contributed by atoms with van der Waals surface area (Å²) in [7, 11) is 0. The largest absolute Gasteiger partial charge is 0.480 e. The van der Waals surface area contributed by atoms with Crippen LogP contribution in [0.1, 0.15) is 31.2 Å². The van der Waals surface area contributed by atoms with Crippen molar-refractivity contribution in [1.82, 2.24) is 4.90 Å². The van der Waals surface area contributed by atoms with Gasteiger partial charge in [-0.3, -0.25) is 9.69 Å². The maximum absolute atomic E-state index is 13.2. The molecule has 2 rings (SSSR count). The zero-order valence-corrected chi connectivity index (χ0v) is 12.2. The molecule has 1 aromatic carbocycles. The van der Waals surface area contributed by atoms with Gasteiger partial charge in [0.1, 0.15) is 11.9 Å². The van der Waals surface area contributed by atoms with E-state index in [0.717, 1.165) is 31.4 Å². The van der Waals surface area contributed by atoms with Gasteiger partial charge < -0.3 is 5.11 Å². The summed E-state index contributed by atoms with van der Waals surface area (Å²) < 4.78 is 13.6. The first-order valence-electron chi connectivity index (χ1n) is 6.48. The monoisotopic (exact) mass is 329 g/mol. The molecule has 1 aromatic rings. The molecule has 1 saturated heterocycles. The van der Waals surface area contributed by atoms with Crippen molar-refractivity contribution in [2.45, 2.75) is 38.3 Å². The van der Waals surface area contributed by atoms with E-state index in [1.807, 2.05) is 4.90 Å². The lowest BCUT2D eigenvalue weighted by Gasteiger charge is -2.26. The molecule has 1 unspecified atom stereocenters. The molecule has 0 aromatic heterocycles. The summed E-state index contributed by atoms with van der Waals surface area (Å²) in [6.45, 7) is 1.34. The highest BCUT2D eigenvalue weighted by molar-refractivity contribution is 9.10. The Kier molecular flexibility index (Phi) is 4.93. The Hall–Kier alpha value is -0.940. The van der Waals surface area contributed by atoms with Crippen LogP contribution in [0.3, 0.4) is 0 Å². The van der Waals surface area contributed by atoms with Crippen LogP contribution in [0.5, 0.6) is 0 Å². The average Bonchev–Trinajstić information content (AvgIpc) is 2.59. The van der Waals surface area contributed by atoms with Crippen LogP contribution in [0, 0.1) is 5.82 Å². The summed E-state index contributed by atoms with van der Waals surface area (Å²) in [6, 6.07) is 4.42. The van der Waals surface area contributed by atoms with Crippen molar-refractivity contribution in [2.24, 2.45) is 0 Å². The number of carboxylic acids is 1. The third-order valence-electron chi connectivity index (χ3n) is 3.52. The highest BCUT2D eigenvalue weighted by Crippen LogP contribution is 2.22. The van der Waals surface area contributed by atoms with E-state index in [-0.39, 0.29) is 5.82 Å². The number of rotatable bonds is 3. The molecule has 104 valence electrons. The van der Waals surface area contributed by atoms with Gasteiger partial charge in [-0.25, -0.2) is 4.39 Å². The Morgan fingerprint density at radius 1 is 1.42 bits per heavy atom. The van der Waals surface area contributed by atoms with Crippen molar-refractivity contribution in [3.05, 3.63) is 34.1 Å². The summed E-state index contributed by atoms with van der Waals surface area (Å²) >= 11 is 3.16. The number of benzene rings is 1. The fraction of sp³-hybridized carbons (Fsp3) is 0.500. The summed E-state index contributed by atoms with van der Waals surface area (Å²) in [5.41, 5.74) is 0.932. The Morgan fingerprint density at radius 2 is 2.21 bits per heavy atom.